The van der Waals surface area contributed by atoms with Gasteiger partial charge in [-0.25, -0.2) is 12.8 Å². The van der Waals surface area contributed by atoms with Crippen molar-refractivity contribution >= 4 is 47.4 Å². The second-order valence-corrected chi connectivity index (χ2v) is 7.86. The van der Waals surface area contributed by atoms with Crippen molar-refractivity contribution in [2.75, 3.05) is 5.73 Å². The van der Waals surface area contributed by atoms with E-state index in [1.54, 1.807) is 0 Å². The lowest BCUT2D eigenvalue weighted by Gasteiger charge is -2.08. The van der Waals surface area contributed by atoms with Gasteiger partial charge in [-0.1, -0.05) is 6.07 Å². The van der Waals surface area contributed by atoms with Gasteiger partial charge in [0, 0.05) is 10.2 Å². The Morgan fingerprint density at radius 3 is 2.35 bits per heavy atom. The lowest BCUT2D eigenvalue weighted by Crippen LogP contribution is -2.06. The molecular weight excluding hydrogens is 413 g/mol. The van der Waals surface area contributed by atoms with Gasteiger partial charge in [-0.05, 0) is 67.8 Å². The zero-order chi connectivity index (χ0) is 14.9. The molecule has 0 saturated heterocycles. The van der Waals surface area contributed by atoms with Crippen LogP contribution in [0.1, 0.15) is 5.56 Å². The van der Waals surface area contributed by atoms with E-state index < -0.39 is 15.7 Å². The summed E-state index contributed by atoms with van der Waals surface area (Å²) in [6, 6.07) is 8.65. The molecule has 2 rings (SSSR count). The molecule has 0 amide bonds. The molecule has 0 saturated carbocycles. The molecule has 0 aromatic heterocycles. The number of nitrogens with two attached hydrogens (primary N) is 1. The maximum atomic E-state index is 13.1. The first-order valence-electron chi connectivity index (χ1n) is 5.51. The first-order valence-corrected chi connectivity index (χ1v) is 8.75. The average Bonchev–Trinajstić information content (AvgIpc) is 2.33. The van der Waals surface area contributed by atoms with Gasteiger partial charge in [0.25, 0.3) is 0 Å². The first kappa shape index (κ1) is 15.5. The summed E-state index contributed by atoms with van der Waals surface area (Å²) in [5, 5.41) is 0. The molecule has 7 heteroatoms. The molecule has 0 aliphatic carbocycles. The summed E-state index contributed by atoms with van der Waals surface area (Å²) in [6.45, 7) is 0. The molecule has 20 heavy (non-hydrogen) atoms. The Morgan fingerprint density at radius 1 is 1.05 bits per heavy atom. The van der Waals surface area contributed by atoms with Crippen LogP contribution in [0.25, 0.3) is 0 Å². The van der Waals surface area contributed by atoms with Gasteiger partial charge in [0.1, 0.15) is 5.82 Å². The third-order valence-electron chi connectivity index (χ3n) is 2.63. The minimum Gasteiger partial charge on any atom is -0.399 e. The average molecular weight is 423 g/mol. The lowest BCUT2D eigenvalue weighted by molar-refractivity contribution is 0.594. The standard InChI is InChI=1S/C13H10Br2FNO2S/c14-10-5-8(1-3-12(10)16)7-20(18,19)13-4-2-9(17)6-11(13)15/h1-6H,7,17H2. The van der Waals surface area contributed by atoms with E-state index in [2.05, 4.69) is 31.9 Å². The summed E-state index contributed by atoms with van der Waals surface area (Å²) >= 11 is 6.23. The molecule has 2 aromatic rings. The van der Waals surface area contributed by atoms with Gasteiger partial charge < -0.3 is 5.73 Å². The van der Waals surface area contributed by atoms with Crippen molar-refractivity contribution in [3.8, 4) is 0 Å². The number of nitrogen functional groups attached to an aromatic ring is 1. The van der Waals surface area contributed by atoms with Crippen molar-refractivity contribution in [2.45, 2.75) is 10.6 Å². The number of hydrogen-bond donors (Lipinski definition) is 1. The minimum atomic E-state index is -3.54. The molecule has 0 aliphatic heterocycles. The van der Waals surface area contributed by atoms with Crippen LogP contribution in [0.5, 0.6) is 0 Å². The summed E-state index contributed by atoms with van der Waals surface area (Å²) < 4.78 is 38.5. The lowest BCUT2D eigenvalue weighted by atomic mass is 10.2. The van der Waals surface area contributed by atoms with E-state index in [9.17, 15) is 12.8 Å². The van der Waals surface area contributed by atoms with Gasteiger partial charge in [0.05, 0.1) is 15.1 Å². The summed E-state index contributed by atoms with van der Waals surface area (Å²) in [5.41, 5.74) is 6.56. The second-order valence-electron chi connectivity index (χ2n) is 4.20. The number of anilines is 1. The maximum Gasteiger partial charge on any atom is 0.183 e. The van der Waals surface area contributed by atoms with Crippen LogP contribution in [0.2, 0.25) is 0 Å². The van der Waals surface area contributed by atoms with Gasteiger partial charge in [0.15, 0.2) is 9.84 Å². The Bertz CT molecular complexity index is 763. The van der Waals surface area contributed by atoms with Crippen LogP contribution >= 0.6 is 31.9 Å². The van der Waals surface area contributed by atoms with Crippen LogP contribution in [0.3, 0.4) is 0 Å². The van der Waals surface area contributed by atoms with Gasteiger partial charge in [0.2, 0.25) is 0 Å². The third-order valence-corrected chi connectivity index (χ3v) is 5.90. The number of sulfone groups is 1. The molecule has 3 nitrogen and oxygen atoms in total. The van der Waals surface area contributed by atoms with Gasteiger partial charge in [-0.2, -0.15) is 0 Å². The van der Waals surface area contributed by atoms with Crippen LogP contribution in [0.4, 0.5) is 10.1 Å². The highest BCUT2D eigenvalue weighted by atomic mass is 79.9. The highest BCUT2D eigenvalue weighted by molar-refractivity contribution is 9.10. The van der Waals surface area contributed by atoms with Gasteiger partial charge in [-0.3, -0.25) is 0 Å². The molecule has 0 bridgehead atoms. The molecule has 0 heterocycles. The van der Waals surface area contributed by atoms with Gasteiger partial charge in [-0.15, -0.1) is 0 Å². The van der Waals surface area contributed by atoms with Crippen molar-refractivity contribution in [3.63, 3.8) is 0 Å². The molecule has 0 atom stereocenters. The van der Waals surface area contributed by atoms with E-state index in [-0.39, 0.29) is 15.1 Å². The molecule has 0 unspecified atom stereocenters. The van der Waals surface area contributed by atoms with Gasteiger partial charge >= 0.3 is 0 Å². The van der Waals surface area contributed by atoms with Crippen LogP contribution < -0.4 is 5.73 Å². The predicted molar refractivity (Wildman–Crippen MR) is 83.5 cm³/mol. The van der Waals surface area contributed by atoms with Crippen LogP contribution in [-0.4, -0.2) is 8.42 Å². The quantitative estimate of drug-likeness (QED) is 0.763. The summed E-state index contributed by atoms with van der Waals surface area (Å²) in [7, 11) is -3.54. The van der Waals surface area contributed by atoms with Crippen molar-refractivity contribution in [3.05, 3.63) is 56.7 Å². The molecule has 0 radical (unpaired) electrons. The highest BCUT2D eigenvalue weighted by Crippen LogP contribution is 2.28. The predicted octanol–water partition coefficient (Wildman–Crippen LogP) is 3.91. The van der Waals surface area contributed by atoms with E-state index in [4.69, 9.17) is 5.73 Å². The van der Waals surface area contributed by atoms with Crippen molar-refractivity contribution < 1.29 is 12.8 Å². The molecule has 0 spiro atoms. The maximum absolute atomic E-state index is 13.1. The molecule has 2 aromatic carbocycles. The molecule has 0 aliphatic rings. The summed E-state index contributed by atoms with van der Waals surface area (Å²) in [5.74, 6) is -0.645. The SMILES string of the molecule is Nc1ccc(S(=O)(=O)Cc2ccc(F)c(Br)c2)c(Br)c1. The number of benzene rings is 2. The number of rotatable bonds is 3. The Kier molecular flexibility index (Phi) is 4.51. The van der Waals surface area contributed by atoms with Crippen LogP contribution in [0, 0.1) is 5.82 Å². The number of hydrogen-bond acceptors (Lipinski definition) is 3. The number of halogens is 3. The topological polar surface area (TPSA) is 60.2 Å². The van der Waals surface area contributed by atoms with Crippen LogP contribution in [-0.2, 0) is 15.6 Å². The fourth-order valence-corrected chi connectivity index (χ4v) is 4.66. The fraction of sp³-hybridized carbons (Fsp3) is 0.0769. The Hall–Kier alpha value is -0.920. The monoisotopic (exact) mass is 421 g/mol. The largest absolute Gasteiger partial charge is 0.399 e. The van der Waals surface area contributed by atoms with E-state index in [1.807, 2.05) is 0 Å². The van der Waals surface area contributed by atoms with Crippen molar-refractivity contribution in [2.24, 2.45) is 0 Å². The second kappa shape index (κ2) is 5.83. The molecule has 2 N–H and O–H groups in total. The Morgan fingerprint density at radius 2 is 1.75 bits per heavy atom. The summed E-state index contributed by atoms with van der Waals surface area (Å²) in [4.78, 5) is 0.159. The Labute approximate surface area is 133 Å². The zero-order valence-corrected chi connectivity index (χ0v) is 14.1. The smallest absolute Gasteiger partial charge is 0.183 e. The normalized spacial score (nSPS) is 11.6. The third kappa shape index (κ3) is 3.39. The molecular formula is C13H10Br2FNO2S. The first-order chi connectivity index (χ1) is 9.29. The summed E-state index contributed by atoms with van der Waals surface area (Å²) in [6.07, 6.45) is 0. The Balaban J connectivity index is 2.38. The van der Waals surface area contributed by atoms with E-state index in [1.165, 1.54) is 36.4 Å². The molecule has 0 fully saturated rings. The van der Waals surface area contributed by atoms with E-state index >= 15 is 0 Å². The van der Waals surface area contributed by atoms with Crippen LogP contribution in [0.15, 0.2) is 50.2 Å². The highest BCUT2D eigenvalue weighted by Gasteiger charge is 2.19. The molecule has 106 valence electrons. The zero-order valence-electron chi connectivity index (χ0n) is 10.1. The van der Waals surface area contributed by atoms with E-state index in [0.717, 1.165) is 0 Å². The minimum absolute atomic E-state index is 0.159. The van der Waals surface area contributed by atoms with E-state index in [0.29, 0.717) is 15.7 Å². The van der Waals surface area contributed by atoms with Crippen molar-refractivity contribution in [1.82, 2.24) is 0 Å². The van der Waals surface area contributed by atoms with Crippen molar-refractivity contribution in [1.29, 1.82) is 0 Å². The fourth-order valence-electron chi connectivity index (χ4n) is 1.70.